The Morgan fingerprint density at radius 3 is 2.12 bits per heavy atom. The summed E-state index contributed by atoms with van der Waals surface area (Å²) in [4.78, 5) is 26.2. The van der Waals surface area contributed by atoms with Crippen molar-refractivity contribution in [1.82, 2.24) is 0 Å². The Balaban J connectivity index is 1.11. The van der Waals surface area contributed by atoms with Crippen molar-refractivity contribution in [2.24, 2.45) is 50.2 Å². The van der Waals surface area contributed by atoms with Crippen molar-refractivity contribution >= 4 is 11.9 Å². The van der Waals surface area contributed by atoms with Gasteiger partial charge in [0.2, 0.25) is 0 Å². The van der Waals surface area contributed by atoms with E-state index in [2.05, 4.69) is 26.8 Å². The number of esters is 1. The molecular formula is C42H66O16. The number of aliphatic hydroxyl groups excluding tert-OH is 8. The fourth-order valence-electron chi connectivity index (χ4n) is 13.8. The van der Waals surface area contributed by atoms with Crippen LogP contribution in [0.2, 0.25) is 0 Å². The number of aliphatic hydroxyl groups is 8. The van der Waals surface area contributed by atoms with Gasteiger partial charge in [-0.2, -0.15) is 0 Å². The predicted octanol–water partition coefficient (Wildman–Crippen LogP) is 0.617. The third-order valence-corrected chi connectivity index (χ3v) is 17.4. The number of hydrogen-bond acceptors (Lipinski definition) is 15. The van der Waals surface area contributed by atoms with Gasteiger partial charge in [0.1, 0.15) is 42.7 Å². The van der Waals surface area contributed by atoms with Crippen LogP contribution >= 0.6 is 0 Å². The smallest absolute Gasteiger partial charge is 0.311 e. The maximum Gasteiger partial charge on any atom is 0.311 e. The van der Waals surface area contributed by atoms with Gasteiger partial charge < -0.3 is 69.6 Å². The number of fused-ring (bicyclic) bond motifs is 7. The summed E-state index contributed by atoms with van der Waals surface area (Å²) in [6.45, 7) is 9.16. The van der Waals surface area contributed by atoms with Gasteiger partial charge in [-0.3, -0.25) is 9.59 Å². The highest BCUT2D eigenvalue weighted by Gasteiger charge is 2.71. The minimum absolute atomic E-state index is 0.0422. The van der Waals surface area contributed by atoms with Crippen LogP contribution in [0.3, 0.4) is 0 Å². The number of rotatable bonds is 8. The van der Waals surface area contributed by atoms with Gasteiger partial charge >= 0.3 is 11.9 Å². The van der Waals surface area contributed by atoms with Crippen molar-refractivity contribution in [3.05, 3.63) is 11.6 Å². The van der Waals surface area contributed by atoms with Crippen molar-refractivity contribution < 1.29 is 79.2 Å². The number of allylic oxidation sites excluding steroid dienone is 2. The Morgan fingerprint density at radius 1 is 0.810 bits per heavy atom. The molecule has 0 unspecified atom stereocenters. The lowest BCUT2D eigenvalue weighted by atomic mass is 9.33. The summed E-state index contributed by atoms with van der Waals surface area (Å²) >= 11 is 0. The van der Waals surface area contributed by atoms with E-state index in [1.165, 1.54) is 7.11 Å². The van der Waals surface area contributed by atoms with Crippen LogP contribution in [0.15, 0.2) is 11.6 Å². The maximum atomic E-state index is 13.2. The largest absolute Gasteiger partial charge is 0.481 e. The van der Waals surface area contributed by atoms with Gasteiger partial charge in [0, 0.05) is 5.41 Å². The number of hydrogen-bond donors (Lipinski definition) is 9. The van der Waals surface area contributed by atoms with E-state index < -0.39 is 102 Å². The first-order valence-corrected chi connectivity index (χ1v) is 21.0. The quantitative estimate of drug-likeness (QED) is 0.0923. The Bertz CT molecular complexity index is 1610. The van der Waals surface area contributed by atoms with E-state index in [0.717, 1.165) is 12.0 Å². The van der Waals surface area contributed by atoms with E-state index >= 15 is 0 Å². The number of carbonyl (C=O) groups excluding carboxylic acids is 1. The molecule has 20 atom stereocenters. The molecule has 0 aromatic carbocycles. The van der Waals surface area contributed by atoms with Gasteiger partial charge in [-0.1, -0.05) is 39.3 Å². The van der Waals surface area contributed by atoms with Crippen LogP contribution in [0.1, 0.15) is 92.4 Å². The Hall–Kier alpha value is -1.80. The molecule has 2 heterocycles. The van der Waals surface area contributed by atoms with Crippen LogP contribution in [0, 0.1) is 50.2 Å². The van der Waals surface area contributed by atoms with Gasteiger partial charge in [0.05, 0.1) is 50.0 Å². The number of carbonyl (C=O) groups is 2. The van der Waals surface area contributed by atoms with Crippen molar-refractivity contribution in [2.75, 3.05) is 26.9 Å². The molecular weight excluding hydrogens is 760 g/mol. The number of ether oxygens (including phenoxy) is 5. The number of carboxylic acid groups (broad SMARTS) is 1. The monoisotopic (exact) mass is 826 g/mol. The molecule has 4 saturated carbocycles. The van der Waals surface area contributed by atoms with E-state index in [1.807, 2.05) is 13.8 Å². The predicted molar refractivity (Wildman–Crippen MR) is 201 cm³/mol. The Kier molecular flexibility index (Phi) is 11.6. The molecule has 6 fully saturated rings. The standard InChI is InChI=1S/C42H66O16/c1-37(36(53)54-6)11-13-42(35(51)52)14-12-40(4)20(21(42)15-37)7-8-26-38(2)16-22(45)32(39(3,19-44)25(38)9-10-41(26,40)5)58-33-30(49)28(47)24(18-55-33)57-34-31(50)29(48)27(46)23(17-43)56-34/h7,21-34,43-50H,8-19H2,1-6H3,(H,51,52)/t21-,22-,23+,24+,25+,26+,27+,28-,29-,30+,31+,32-,33-,34-,37+,38-,39-,40+,41+,42-/m0/s1. The van der Waals surface area contributed by atoms with Crippen LogP contribution in [0.25, 0.3) is 0 Å². The van der Waals surface area contributed by atoms with Crippen LogP contribution in [-0.4, -0.2) is 152 Å². The zero-order valence-corrected chi connectivity index (χ0v) is 34.5. The highest BCUT2D eigenvalue weighted by atomic mass is 16.7. The highest BCUT2D eigenvalue weighted by molar-refractivity contribution is 5.80. The van der Waals surface area contributed by atoms with Gasteiger partial charge in [-0.05, 0) is 98.7 Å². The van der Waals surface area contributed by atoms with Crippen molar-refractivity contribution in [3.63, 3.8) is 0 Å². The second-order valence-corrected chi connectivity index (χ2v) is 20.1. The number of carboxylic acids is 1. The zero-order valence-electron chi connectivity index (χ0n) is 34.5. The lowest BCUT2D eigenvalue weighted by Crippen LogP contribution is -2.69. The number of methoxy groups -OCH3 is 1. The van der Waals surface area contributed by atoms with E-state index in [0.29, 0.717) is 51.4 Å². The van der Waals surface area contributed by atoms with Gasteiger partial charge in [0.15, 0.2) is 12.6 Å². The molecule has 0 amide bonds. The topological polar surface area (TPSA) is 262 Å². The van der Waals surface area contributed by atoms with E-state index in [4.69, 9.17) is 23.7 Å². The van der Waals surface area contributed by atoms with Crippen molar-refractivity contribution in [1.29, 1.82) is 0 Å². The lowest BCUT2D eigenvalue weighted by Gasteiger charge is -2.71. The summed E-state index contributed by atoms with van der Waals surface area (Å²) in [5.74, 6) is -1.57. The molecule has 58 heavy (non-hydrogen) atoms. The highest BCUT2D eigenvalue weighted by Crippen LogP contribution is 2.76. The Morgan fingerprint density at radius 2 is 1.48 bits per heavy atom. The SMILES string of the molecule is COC(=O)[C@]1(C)CC[C@]2(C(=O)O)CC[C@]3(C)C(=CC[C@@H]4[C@@]5(C)C[C@H](O)[C@H](O[C@@H]6OC[C@@H](O[C@@H]7O[C@H](CO)[C@@H](O)[C@H](O)[C@H]7O)[C@H](O)[C@H]6O)[C@@](C)(CO)[C@@H]5CC[C@]43C)[C@@H]2C1. The molecule has 2 saturated heterocycles. The summed E-state index contributed by atoms with van der Waals surface area (Å²) in [7, 11) is 1.38. The zero-order chi connectivity index (χ0) is 42.5. The molecule has 2 aliphatic heterocycles. The first-order valence-electron chi connectivity index (χ1n) is 21.0. The summed E-state index contributed by atoms with van der Waals surface area (Å²) < 4.78 is 28.5. The molecule has 9 N–H and O–H groups in total. The average Bonchev–Trinajstić information content (AvgIpc) is 3.18. The van der Waals surface area contributed by atoms with Crippen LogP contribution < -0.4 is 0 Å². The summed E-state index contributed by atoms with van der Waals surface area (Å²) in [6, 6.07) is 0. The maximum absolute atomic E-state index is 13.2. The summed E-state index contributed by atoms with van der Waals surface area (Å²) in [5, 5.41) is 96.7. The fourth-order valence-corrected chi connectivity index (χ4v) is 13.8. The first-order chi connectivity index (χ1) is 27.1. The molecule has 0 aromatic rings. The molecule has 330 valence electrons. The molecule has 0 radical (unpaired) electrons. The second kappa shape index (κ2) is 15.2. The van der Waals surface area contributed by atoms with Crippen LogP contribution in [0.4, 0.5) is 0 Å². The number of aliphatic carboxylic acids is 1. The van der Waals surface area contributed by atoms with Crippen LogP contribution in [0.5, 0.6) is 0 Å². The molecule has 7 aliphatic rings. The minimum Gasteiger partial charge on any atom is -0.481 e. The molecule has 16 heteroatoms. The van der Waals surface area contributed by atoms with Crippen LogP contribution in [-0.2, 0) is 33.3 Å². The van der Waals surface area contributed by atoms with Crippen molar-refractivity contribution in [3.8, 4) is 0 Å². The molecule has 0 spiro atoms. The Labute approximate surface area is 339 Å². The average molecular weight is 827 g/mol. The second-order valence-electron chi connectivity index (χ2n) is 20.1. The van der Waals surface area contributed by atoms with E-state index in [9.17, 15) is 55.5 Å². The normalized spacial score (nSPS) is 54.2. The molecule has 0 bridgehead atoms. The molecule has 16 nitrogen and oxygen atoms in total. The molecule has 0 aromatic heterocycles. The minimum atomic E-state index is -1.73. The summed E-state index contributed by atoms with van der Waals surface area (Å²) in [5.41, 5.74) is -2.86. The summed E-state index contributed by atoms with van der Waals surface area (Å²) in [6.07, 6.45) is -8.96. The van der Waals surface area contributed by atoms with Crippen molar-refractivity contribution in [2.45, 2.75) is 160 Å². The third-order valence-electron chi connectivity index (χ3n) is 17.4. The molecule has 7 rings (SSSR count). The first kappa shape index (κ1) is 44.3. The fraction of sp³-hybridized carbons (Fsp3) is 0.905. The lowest BCUT2D eigenvalue weighted by molar-refractivity contribution is -0.357. The third kappa shape index (κ3) is 6.29. The van der Waals surface area contributed by atoms with Gasteiger partial charge in [-0.15, -0.1) is 0 Å². The van der Waals surface area contributed by atoms with Gasteiger partial charge in [0.25, 0.3) is 0 Å². The van der Waals surface area contributed by atoms with E-state index in [1.54, 1.807) is 0 Å². The molecule has 5 aliphatic carbocycles. The van der Waals surface area contributed by atoms with E-state index in [-0.39, 0.29) is 47.8 Å². The van der Waals surface area contributed by atoms with Gasteiger partial charge in [-0.25, -0.2) is 0 Å².